The van der Waals surface area contributed by atoms with Crippen molar-refractivity contribution in [3.8, 4) is 0 Å². The van der Waals surface area contributed by atoms with Crippen LogP contribution in [0.3, 0.4) is 0 Å². The van der Waals surface area contributed by atoms with Crippen LogP contribution in [-0.4, -0.2) is 74.7 Å². The molecule has 3 saturated heterocycles. The summed E-state index contributed by atoms with van der Waals surface area (Å²) in [5.74, 6) is -4.00. The number of fused-ring (bicyclic) bond motifs is 3. The number of carbonyl (C=O) groups excluding carboxylic acids is 1. The molecule has 3 aliphatic carbocycles. The molecule has 3 aliphatic heterocycles. The summed E-state index contributed by atoms with van der Waals surface area (Å²) < 4.78 is 33.3. The molecule has 46 heavy (non-hydrogen) atoms. The van der Waals surface area contributed by atoms with Gasteiger partial charge in [-0.1, -0.05) is 88.8 Å². The summed E-state index contributed by atoms with van der Waals surface area (Å²) >= 11 is 0. The molecular formula is C37H48O9. The minimum Gasteiger partial charge on any atom is -0.456 e. The molecule has 6 fully saturated rings. The highest BCUT2D eigenvalue weighted by molar-refractivity contribution is 5.82. The maximum Gasteiger partial charge on any atom is 0.331 e. The predicted molar refractivity (Wildman–Crippen MR) is 168 cm³/mol. The largest absolute Gasteiger partial charge is 0.456 e. The molecule has 0 aromatic heterocycles. The number of hydrogen-bond acceptors (Lipinski definition) is 9. The van der Waals surface area contributed by atoms with Gasteiger partial charge in [0.15, 0.2) is 0 Å². The van der Waals surface area contributed by atoms with Crippen LogP contribution in [0, 0.1) is 23.7 Å². The SMILES string of the molecule is C=C(C)[C@]12C[C@@H](C)[C@@]34O[C@](c5ccccc5)(O[C@@H]1C3[C@@H]1O[C@]1(CO)[C@@H](O)[C@@]1(O)C4C[C@H](C)[C@@H]1OC(=O)/C=C/C=C/CCCCC)O2. The Hall–Kier alpha value is -2.37. The number of benzene rings is 1. The Balaban J connectivity index is 1.30. The normalized spacial score (nSPS) is 48.2. The van der Waals surface area contributed by atoms with E-state index < -0.39 is 77.2 Å². The lowest BCUT2D eigenvalue weighted by Crippen LogP contribution is -2.72. The quantitative estimate of drug-likeness (QED) is 0.0853. The zero-order valence-electron chi connectivity index (χ0n) is 27.3. The Labute approximate surface area is 271 Å². The fourth-order valence-corrected chi connectivity index (χ4v) is 9.94. The number of hydrogen-bond donors (Lipinski definition) is 3. The van der Waals surface area contributed by atoms with Crippen LogP contribution < -0.4 is 0 Å². The van der Waals surface area contributed by atoms with E-state index in [2.05, 4.69) is 20.4 Å². The van der Waals surface area contributed by atoms with Crippen molar-refractivity contribution in [1.29, 1.82) is 0 Å². The second-order valence-electron chi connectivity index (χ2n) is 14.7. The van der Waals surface area contributed by atoms with Crippen molar-refractivity contribution in [2.24, 2.45) is 23.7 Å². The molecule has 2 unspecified atom stereocenters. The van der Waals surface area contributed by atoms with Gasteiger partial charge in [0.2, 0.25) is 0 Å². The summed E-state index contributed by atoms with van der Waals surface area (Å²) in [6, 6.07) is 9.48. The Morgan fingerprint density at radius 1 is 1.11 bits per heavy atom. The van der Waals surface area contributed by atoms with Gasteiger partial charge in [-0.2, -0.15) is 0 Å². The average molecular weight is 637 g/mol. The first-order chi connectivity index (χ1) is 22.0. The van der Waals surface area contributed by atoms with Gasteiger partial charge in [0.25, 0.3) is 0 Å². The van der Waals surface area contributed by atoms with Gasteiger partial charge >= 0.3 is 11.9 Å². The average Bonchev–Trinajstić information content (AvgIpc) is 3.67. The first-order valence-corrected chi connectivity index (χ1v) is 17.0. The predicted octanol–water partition coefficient (Wildman–Crippen LogP) is 4.45. The van der Waals surface area contributed by atoms with Crippen molar-refractivity contribution in [1.82, 2.24) is 0 Å². The highest BCUT2D eigenvalue weighted by Gasteiger charge is 2.89. The number of allylic oxidation sites excluding steroid dienone is 3. The number of epoxide rings is 1. The van der Waals surface area contributed by atoms with E-state index in [0.29, 0.717) is 18.4 Å². The molecule has 9 nitrogen and oxygen atoms in total. The van der Waals surface area contributed by atoms with Crippen molar-refractivity contribution in [2.45, 2.75) is 119 Å². The highest BCUT2D eigenvalue weighted by atomic mass is 16.9. The third kappa shape index (κ3) is 4.15. The molecule has 13 atom stereocenters. The minimum atomic E-state index is -2.00. The van der Waals surface area contributed by atoms with Crippen LogP contribution in [0.4, 0.5) is 0 Å². The van der Waals surface area contributed by atoms with Gasteiger partial charge in [0.05, 0.1) is 12.2 Å². The second-order valence-corrected chi connectivity index (χ2v) is 14.7. The summed E-state index contributed by atoms with van der Waals surface area (Å²) in [4.78, 5) is 13.2. The lowest BCUT2D eigenvalue weighted by Gasteiger charge is -2.60. The van der Waals surface area contributed by atoms with Gasteiger partial charge < -0.3 is 39.0 Å². The van der Waals surface area contributed by atoms with Crippen molar-refractivity contribution in [2.75, 3.05) is 6.61 Å². The van der Waals surface area contributed by atoms with E-state index in [9.17, 15) is 20.1 Å². The molecule has 1 aromatic carbocycles. The van der Waals surface area contributed by atoms with Gasteiger partial charge in [0, 0.05) is 23.5 Å². The van der Waals surface area contributed by atoms with Gasteiger partial charge in [-0.15, -0.1) is 0 Å². The fraction of sp³-hybridized carbons (Fsp3) is 0.649. The van der Waals surface area contributed by atoms with Crippen LogP contribution in [0.5, 0.6) is 0 Å². The molecule has 3 bridgehead atoms. The maximum absolute atomic E-state index is 13.2. The molecule has 7 rings (SSSR count). The molecule has 0 amide bonds. The molecule has 3 N–H and O–H groups in total. The van der Waals surface area contributed by atoms with Gasteiger partial charge in [-0.05, 0) is 50.0 Å². The first-order valence-electron chi connectivity index (χ1n) is 17.0. The third-order valence-electron chi connectivity index (χ3n) is 12.1. The molecule has 3 saturated carbocycles. The number of aliphatic hydroxyl groups is 3. The Morgan fingerprint density at radius 3 is 2.57 bits per heavy atom. The van der Waals surface area contributed by atoms with Crippen LogP contribution in [0.2, 0.25) is 0 Å². The van der Waals surface area contributed by atoms with E-state index in [1.807, 2.05) is 56.3 Å². The van der Waals surface area contributed by atoms with Crippen LogP contribution in [0.1, 0.15) is 71.8 Å². The summed E-state index contributed by atoms with van der Waals surface area (Å²) in [6.45, 7) is 11.9. The first kappa shape index (κ1) is 32.2. The van der Waals surface area contributed by atoms with E-state index in [4.69, 9.17) is 23.7 Å². The number of carbonyl (C=O) groups is 1. The fourth-order valence-electron chi connectivity index (χ4n) is 9.94. The molecule has 1 aromatic rings. The van der Waals surface area contributed by atoms with Crippen LogP contribution >= 0.6 is 0 Å². The number of unbranched alkanes of at least 4 members (excludes halogenated alkanes) is 3. The molecule has 0 radical (unpaired) electrons. The smallest absolute Gasteiger partial charge is 0.331 e. The van der Waals surface area contributed by atoms with E-state index in [-0.39, 0.29) is 11.8 Å². The molecule has 6 aliphatic rings. The number of rotatable bonds is 10. The summed E-state index contributed by atoms with van der Waals surface area (Å²) in [6.07, 6.45) is 8.11. The number of aliphatic hydroxyl groups excluding tert-OH is 2. The van der Waals surface area contributed by atoms with E-state index in [0.717, 1.165) is 31.3 Å². The van der Waals surface area contributed by atoms with E-state index in [1.54, 1.807) is 6.08 Å². The van der Waals surface area contributed by atoms with Gasteiger partial charge in [0.1, 0.15) is 41.2 Å². The lowest BCUT2D eigenvalue weighted by atomic mass is 9.54. The second kappa shape index (κ2) is 11.1. The molecular weight excluding hydrogens is 588 g/mol. The lowest BCUT2D eigenvalue weighted by molar-refractivity contribution is -0.443. The standard InChI is InChI=1S/C37H48O9/c1-6-7-8-9-10-11-15-18-27(39)42-29-23(4)19-26-35(29,41)32(40)34(21-38)31(43-34)28-30-33(22(2)3)20-24(5)36(26,28)46-37(44-30,45-33)25-16-13-12-14-17-25/h10-18,23-24,26,28-32,38,40-41H,2,6-9,19-21H2,1,3-5H3/b11-10+,18-15+/t23-,24+,26?,28?,29-,30+,31-,32+,33+,34-,35+,36-,37+/m0/s1. The highest BCUT2D eigenvalue weighted by Crippen LogP contribution is 2.75. The van der Waals surface area contributed by atoms with Crippen molar-refractivity contribution in [3.63, 3.8) is 0 Å². The van der Waals surface area contributed by atoms with Gasteiger partial charge in [-0.25, -0.2) is 4.79 Å². The Morgan fingerprint density at radius 2 is 1.87 bits per heavy atom. The van der Waals surface area contributed by atoms with E-state index >= 15 is 0 Å². The molecule has 250 valence electrons. The third-order valence-corrected chi connectivity index (χ3v) is 12.1. The summed E-state index contributed by atoms with van der Waals surface area (Å²) in [5, 5.41) is 36.0. The van der Waals surface area contributed by atoms with Gasteiger partial charge in [-0.3, -0.25) is 0 Å². The molecule has 9 heteroatoms. The van der Waals surface area contributed by atoms with Crippen LogP contribution in [0.25, 0.3) is 0 Å². The van der Waals surface area contributed by atoms with E-state index in [1.165, 1.54) is 6.08 Å². The topological polar surface area (TPSA) is 127 Å². The minimum absolute atomic E-state index is 0.221. The molecule has 3 heterocycles. The summed E-state index contributed by atoms with van der Waals surface area (Å²) in [5.41, 5.74) is -4.09. The number of ether oxygens (including phenoxy) is 5. The van der Waals surface area contributed by atoms with Crippen molar-refractivity contribution >= 4 is 5.97 Å². The van der Waals surface area contributed by atoms with Crippen LogP contribution in [-0.2, 0) is 34.5 Å². The van der Waals surface area contributed by atoms with Crippen molar-refractivity contribution < 1.29 is 43.8 Å². The molecule has 0 spiro atoms. The Kier molecular flexibility index (Phi) is 7.76. The Bertz CT molecular complexity index is 1430. The van der Waals surface area contributed by atoms with Crippen LogP contribution in [0.15, 0.2) is 66.8 Å². The zero-order chi connectivity index (χ0) is 32.7. The monoisotopic (exact) mass is 636 g/mol. The zero-order valence-corrected chi connectivity index (χ0v) is 27.3. The number of esters is 1. The maximum atomic E-state index is 13.2. The summed E-state index contributed by atoms with van der Waals surface area (Å²) in [7, 11) is 0. The van der Waals surface area contributed by atoms with Crippen molar-refractivity contribution in [3.05, 3.63) is 72.4 Å².